The highest BCUT2D eigenvalue weighted by atomic mass is 35.6. The van der Waals surface area contributed by atoms with Gasteiger partial charge in [0.2, 0.25) is 12.2 Å². The largest absolute Gasteiger partial charge is 0.510 e. The summed E-state index contributed by atoms with van der Waals surface area (Å²) in [5, 5.41) is 8.06. The van der Waals surface area contributed by atoms with Crippen molar-refractivity contribution in [1.29, 1.82) is 5.41 Å². The fourth-order valence-corrected chi connectivity index (χ4v) is 3.56. The van der Waals surface area contributed by atoms with Gasteiger partial charge in [-0.15, -0.1) is 0 Å². The lowest BCUT2D eigenvalue weighted by Gasteiger charge is -2.50. The van der Waals surface area contributed by atoms with E-state index in [0.717, 1.165) is 5.56 Å². The minimum absolute atomic E-state index is 0.0848. The van der Waals surface area contributed by atoms with Crippen molar-refractivity contribution in [1.82, 2.24) is 0 Å². The number of fused-ring (bicyclic) bond motifs is 1. The third-order valence-electron chi connectivity index (χ3n) is 4.88. The van der Waals surface area contributed by atoms with Gasteiger partial charge in [-0.05, 0) is 26.3 Å². The number of rotatable bonds is 6. The molecular weight excluding hydrogens is 501 g/mol. The normalized spacial score (nSPS) is 29.0. The molecule has 1 aromatic carbocycles. The maximum absolute atomic E-state index is 12.1. The van der Waals surface area contributed by atoms with Crippen molar-refractivity contribution in [3.8, 4) is 0 Å². The Labute approximate surface area is 206 Å². The minimum atomic E-state index is -2.16. The predicted molar refractivity (Wildman–Crippen MR) is 120 cm³/mol. The third-order valence-corrected chi connectivity index (χ3v) is 5.39. The van der Waals surface area contributed by atoms with E-state index in [0.29, 0.717) is 0 Å². The van der Waals surface area contributed by atoms with Crippen LogP contribution in [0.3, 0.4) is 0 Å². The molecule has 0 aromatic heterocycles. The van der Waals surface area contributed by atoms with Crippen molar-refractivity contribution in [2.24, 2.45) is 0 Å². The lowest BCUT2D eigenvalue weighted by atomic mass is 9.96. The van der Waals surface area contributed by atoms with Crippen LogP contribution in [0.4, 0.5) is 4.79 Å². The third kappa shape index (κ3) is 7.08. The molecule has 9 nitrogen and oxygen atoms in total. The van der Waals surface area contributed by atoms with Crippen LogP contribution < -0.4 is 0 Å². The van der Waals surface area contributed by atoms with E-state index in [-0.39, 0.29) is 19.8 Å². The molecule has 1 aromatic rings. The second-order valence-corrected chi connectivity index (χ2v) is 10.1. The summed E-state index contributed by atoms with van der Waals surface area (Å²) in [7, 11) is 0. The molecule has 0 saturated carbocycles. The van der Waals surface area contributed by atoms with Gasteiger partial charge in [-0.1, -0.05) is 65.1 Å². The summed E-state index contributed by atoms with van der Waals surface area (Å²) < 4.78 is 37.5. The quantitative estimate of drug-likeness (QED) is 0.252. The van der Waals surface area contributed by atoms with Crippen LogP contribution in [0.5, 0.6) is 0 Å². The number of halogens is 3. The van der Waals surface area contributed by atoms with Crippen molar-refractivity contribution in [2.75, 3.05) is 13.2 Å². The van der Waals surface area contributed by atoms with Gasteiger partial charge in [0.1, 0.15) is 18.3 Å². The standard InChI is InChI=1S/C21H26Cl3NO8/c1-4-27-19(26)32-17-16(31-18(25)21(22,23)24)15(28-10-12-8-6-5-7-9-12)14-13(30-17)11-29-20(2,3)33-14/h5-9,13-17,25H,4,10-11H2,1-3H3/t13-,14-,15+,16-,17+/m1/s1. The maximum Gasteiger partial charge on any atom is 0.510 e. The molecule has 0 amide bonds. The fraction of sp³-hybridized carbons (Fsp3) is 0.619. The Morgan fingerprint density at radius 1 is 1.18 bits per heavy atom. The Kier molecular flexibility index (Phi) is 8.71. The zero-order valence-electron chi connectivity index (χ0n) is 18.3. The van der Waals surface area contributed by atoms with Crippen molar-refractivity contribution in [3.05, 3.63) is 35.9 Å². The molecule has 0 radical (unpaired) electrons. The first-order valence-corrected chi connectivity index (χ1v) is 11.4. The Hall–Kier alpha value is -1.33. The Morgan fingerprint density at radius 2 is 1.88 bits per heavy atom. The lowest BCUT2D eigenvalue weighted by Crippen LogP contribution is -2.66. The summed E-state index contributed by atoms with van der Waals surface area (Å²) in [4.78, 5) is 12.1. The number of ether oxygens (including phenoxy) is 7. The van der Waals surface area contributed by atoms with Crippen LogP contribution in [-0.4, -0.2) is 65.6 Å². The highest BCUT2D eigenvalue weighted by Crippen LogP contribution is 2.37. The van der Waals surface area contributed by atoms with E-state index < -0.39 is 52.3 Å². The van der Waals surface area contributed by atoms with E-state index in [9.17, 15) is 4.79 Å². The van der Waals surface area contributed by atoms with E-state index in [2.05, 4.69) is 0 Å². The van der Waals surface area contributed by atoms with Gasteiger partial charge < -0.3 is 33.2 Å². The molecule has 33 heavy (non-hydrogen) atoms. The van der Waals surface area contributed by atoms with Crippen LogP contribution in [0.2, 0.25) is 0 Å². The van der Waals surface area contributed by atoms with E-state index in [1.54, 1.807) is 20.8 Å². The average Bonchev–Trinajstić information content (AvgIpc) is 2.73. The van der Waals surface area contributed by atoms with Crippen LogP contribution in [0, 0.1) is 5.41 Å². The molecule has 2 saturated heterocycles. The Morgan fingerprint density at radius 3 is 2.52 bits per heavy atom. The highest BCUT2D eigenvalue weighted by molar-refractivity contribution is 6.76. The van der Waals surface area contributed by atoms with Crippen molar-refractivity contribution in [2.45, 2.75) is 67.7 Å². The van der Waals surface area contributed by atoms with Crippen LogP contribution in [0.25, 0.3) is 0 Å². The summed E-state index contributed by atoms with van der Waals surface area (Å²) in [6.07, 6.45) is -5.81. The van der Waals surface area contributed by atoms with Gasteiger partial charge in [0.25, 0.3) is 3.79 Å². The SMILES string of the molecule is CCOC(=O)O[C@@H]1O[C@@H]2COC(C)(C)O[C@H]2[C@H](OCc2ccccc2)[C@H]1OC(=N)C(Cl)(Cl)Cl. The summed E-state index contributed by atoms with van der Waals surface area (Å²) in [6, 6.07) is 9.40. The molecule has 5 atom stereocenters. The second kappa shape index (κ2) is 10.9. The monoisotopic (exact) mass is 525 g/mol. The molecule has 1 N–H and O–H groups in total. The van der Waals surface area contributed by atoms with E-state index in [4.69, 9.17) is 73.4 Å². The molecule has 184 valence electrons. The zero-order valence-corrected chi connectivity index (χ0v) is 20.6. The molecule has 2 aliphatic heterocycles. The van der Waals surface area contributed by atoms with Crippen molar-refractivity contribution < 1.29 is 38.0 Å². The number of hydrogen-bond donors (Lipinski definition) is 1. The first kappa shape index (κ1) is 26.3. The number of benzene rings is 1. The first-order chi connectivity index (χ1) is 15.5. The molecule has 3 rings (SSSR count). The molecular formula is C21H26Cl3NO8. The Bertz CT molecular complexity index is 819. The summed E-state index contributed by atoms with van der Waals surface area (Å²) >= 11 is 17.5. The number of carbonyl (C=O) groups excluding carboxylic acids is 1. The van der Waals surface area contributed by atoms with Gasteiger partial charge in [-0.2, -0.15) is 0 Å². The van der Waals surface area contributed by atoms with Crippen LogP contribution in [0.15, 0.2) is 30.3 Å². The highest BCUT2D eigenvalue weighted by Gasteiger charge is 2.55. The van der Waals surface area contributed by atoms with E-state index >= 15 is 0 Å². The molecule has 2 fully saturated rings. The number of carbonyl (C=O) groups is 1. The van der Waals surface area contributed by atoms with Crippen LogP contribution in [0.1, 0.15) is 26.3 Å². The smallest absolute Gasteiger partial charge is 0.465 e. The van der Waals surface area contributed by atoms with Crippen LogP contribution in [-0.2, 0) is 39.8 Å². The van der Waals surface area contributed by atoms with Crippen LogP contribution >= 0.6 is 34.8 Å². The van der Waals surface area contributed by atoms with E-state index in [1.165, 1.54) is 0 Å². The molecule has 0 bridgehead atoms. The molecule has 0 aliphatic carbocycles. The molecule has 0 unspecified atom stereocenters. The van der Waals surface area contributed by atoms with Gasteiger partial charge in [-0.3, -0.25) is 5.41 Å². The summed E-state index contributed by atoms with van der Waals surface area (Å²) in [6.45, 7) is 5.52. The average molecular weight is 527 g/mol. The lowest BCUT2D eigenvalue weighted by molar-refractivity contribution is -0.380. The Balaban J connectivity index is 1.91. The van der Waals surface area contributed by atoms with Gasteiger partial charge in [0.15, 0.2) is 11.9 Å². The molecule has 2 heterocycles. The van der Waals surface area contributed by atoms with Crippen molar-refractivity contribution in [3.63, 3.8) is 0 Å². The number of alkyl halides is 3. The predicted octanol–water partition coefficient (Wildman–Crippen LogP) is 4.35. The molecule has 0 spiro atoms. The second-order valence-electron chi connectivity index (χ2n) is 7.81. The molecule has 2 aliphatic rings. The topological polar surface area (TPSA) is 106 Å². The first-order valence-electron chi connectivity index (χ1n) is 10.3. The number of hydrogen-bond acceptors (Lipinski definition) is 9. The summed E-state index contributed by atoms with van der Waals surface area (Å²) in [5.41, 5.74) is 0.880. The zero-order chi connectivity index (χ0) is 24.2. The maximum atomic E-state index is 12.1. The van der Waals surface area contributed by atoms with E-state index in [1.807, 2.05) is 30.3 Å². The minimum Gasteiger partial charge on any atom is -0.465 e. The van der Waals surface area contributed by atoms with Gasteiger partial charge in [0, 0.05) is 0 Å². The summed E-state index contributed by atoms with van der Waals surface area (Å²) in [5.74, 6) is -1.64. The van der Waals surface area contributed by atoms with Gasteiger partial charge >= 0.3 is 6.16 Å². The molecule has 12 heteroatoms. The van der Waals surface area contributed by atoms with Gasteiger partial charge in [0.05, 0.1) is 19.8 Å². The number of nitrogens with one attached hydrogen (secondary N) is 1. The van der Waals surface area contributed by atoms with Crippen molar-refractivity contribution >= 4 is 46.9 Å². The fourth-order valence-electron chi connectivity index (χ4n) is 3.43. The van der Waals surface area contributed by atoms with Gasteiger partial charge in [-0.25, -0.2) is 4.79 Å².